The first-order chi connectivity index (χ1) is 52.4. The third kappa shape index (κ3) is 65.3. The minimum atomic E-state index is -1.86. The van der Waals surface area contributed by atoms with Gasteiger partial charge in [-0.05, 0) is 235 Å². The van der Waals surface area contributed by atoms with E-state index < -0.39 is 114 Å². The van der Waals surface area contributed by atoms with Crippen LogP contribution in [0.2, 0.25) is 19.6 Å². The van der Waals surface area contributed by atoms with Crippen molar-refractivity contribution in [2.24, 2.45) is 11.5 Å². The third-order valence-electron chi connectivity index (χ3n) is 12.8. The van der Waals surface area contributed by atoms with E-state index in [1.807, 2.05) is 12.1 Å². The average molecular weight is 1730 g/mol. The largest absolute Gasteiger partial charge is 1.00 e. The molecule has 2 aliphatic rings. The van der Waals surface area contributed by atoms with Crippen LogP contribution in [0.15, 0.2) is 97.1 Å². The van der Waals surface area contributed by atoms with E-state index in [4.69, 9.17) is 53.8 Å². The zero-order valence-electron chi connectivity index (χ0n) is 72.6. The Morgan fingerprint density at radius 1 is 0.461 bits per heavy atom. The molecule has 30 nitrogen and oxygen atoms in total. The number of carbonyl (C=O) groups excluding carboxylic acids is 9. The molecule has 6 rings (SSSR count). The number of hydrogen-bond acceptors (Lipinski definition) is 24. The Labute approximate surface area is 732 Å². The molecule has 115 heavy (non-hydrogen) atoms. The van der Waals surface area contributed by atoms with Gasteiger partial charge >= 0.3 is 111 Å². The van der Waals surface area contributed by atoms with Crippen LogP contribution >= 0.6 is 15.9 Å². The second kappa shape index (κ2) is 57.6. The number of aromatic carboxylic acids is 1. The van der Waals surface area contributed by atoms with E-state index in [0.717, 1.165) is 48.4 Å². The van der Waals surface area contributed by atoms with Gasteiger partial charge in [0.2, 0.25) is 0 Å². The average Bonchev–Trinajstić information content (AvgIpc) is 1.44. The molecule has 4 aromatic rings. The van der Waals surface area contributed by atoms with Crippen molar-refractivity contribution in [3.63, 3.8) is 0 Å². The van der Waals surface area contributed by atoms with E-state index in [0.29, 0.717) is 22.3 Å². The molecule has 0 bridgehead atoms. The quantitative estimate of drug-likeness (QED) is 0.0199. The van der Waals surface area contributed by atoms with Crippen LogP contribution in [0.25, 0.3) is 0 Å². The minimum absolute atomic E-state index is 0. The van der Waals surface area contributed by atoms with Gasteiger partial charge in [0.15, 0.2) is 0 Å². The molecule has 0 aromatic heterocycles. The predicted molar refractivity (Wildman–Crippen MR) is 440 cm³/mol. The van der Waals surface area contributed by atoms with Gasteiger partial charge in [-0.15, -0.1) is 0 Å². The van der Waals surface area contributed by atoms with Crippen LogP contribution in [-0.2, 0) is 91.1 Å². The summed E-state index contributed by atoms with van der Waals surface area (Å²) in [5.74, 6) is -4.63. The predicted octanol–water partition coefficient (Wildman–Crippen LogP) is 8.99. The summed E-state index contributed by atoms with van der Waals surface area (Å²) >= 11 is 3.32. The number of rotatable bonds is 18. The van der Waals surface area contributed by atoms with Crippen molar-refractivity contribution in [3.8, 4) is 0 Å². The molecule has 644 valence electrons. The molecule has 0 radical (unpaired) electrons. The van der Waals surface area contributed by atoms with Crippen molar-refractivity contribution in [1.82, 2.24) is 21.3 Å². The van der Waals surface area contributed by atoms with E-state index >= 15 is 0 Å². The zero-order valence-corrected chi connectivity index (χ0v) is 78.3. The van der Waals surface area contributed by atoms with Crippen molar-refractivity contribution in [1.29, 1.82) is 0 Å². The summed E-state index contributed by atoms with van der Waals surface area (Å²) in [5.41, 5.74) is 11.0. The second-order valence-corrected chi connectivity index (χ2v) is 36.8. The fourth-order valence-corrected chi connectivity index (χ4v) is 8.54. The molecule has 2 heterocycles. The first-order valence-electron chi connectivity index (χ1n) is 37.0. The maximum absolute atomic E-state index is 12.5. The number of ether oxygens (including phenoxy) is 10. The number of nitrogens with two attached hydrogens (primary N) is 2. The van der Waals surface area contributed by atoms with Gasteiger partial charge in [-0.2, -0.15) is 0 Å². The molecular formula is C82H130BrKN6O24Si. The molecule has 0 saturated carbocycles. The van der Waals surface area contributed by atoms with Crippen molar-refractivity contribution >= 4 is 90.2 Å². The number of carbonyl (C=O) groups is 11. The van der Waals surface area contributed by atoms with E-state index in [9.17, 15) is 57.5 Å². The fraction of sp³-hybridized carbons (Fsp3) is 0.573. The summed E-state index contributed by atoms with van der Waals surface area (Å²) in [6, 6.07) is 23.8. The summed E-state index contributed by atoms with van der Waals surface area (Å²) in [7, 11) is 3.87. The van der Waals surface area contributed by atoms with Crippen LogP contribution in [0.5, 0.6) is 0 Å². The summed E-state index contributed by atoms with van der Waals surface area (Å²) in [6.07, 6.45) is 3.64. The Morgan fingerprint density at radius 3 is 0.991 bits per heavy atom. The summed E-state index contributed by atoms with van der Waals surface area (Å²) in [5, 5.41) is 28.3. The minimum Gasteiger partial charge on any atom is -0.859 e. The van der Waals surface area contributed by atoms with Gasteiger partial charge in [-0.1, -0.05) is 92.4 Å². The number of esters is 5. The molecule has 10 N–H and O–H groups in total. The van der Waals surface area contributed by atoms with Gasteiger partial charge in [-0.3, -0.25) is 14.4 Å². The van der Waals surface area contributed by atoms with Crippen LogP contribution < -0.4 is 88.9 Å². The molecule has 3 unspecified atom stereocenters. The monoisotopic (exact) mass is 1730 g/mol. The van der Waals surface area contributed by atoms with Crippen molar-refractivity contribution in [3.05, 3.63) is 142 Å². The van der Waals surface area contributed by atoms with Gasteiger partial charge in [0.1, 0.15) is 58.3 Å². The molecule has 2 saturated heterocycles. The summed E-state index contributed by atoms with van der Waals surface area (Å²) < 4.78 is 50.3. The first kappa shape index (κ1) is 114. The first-order valence-corrected chi connectivity index (χ1v) is 41.5. The van der Waals surface area contributed by atoms with Crippen LogP contribution in [0, 0.1) is 0 Å². The zero-order chi connectivity index (χ0) is 88.6. The Balaban J connectivity index is -0.000000646. The molecule has 4 aromatic carbocycles. The van der Waals surface area contributed by atoms with Crippen LogP contribution in [0.4, 0.5) is 14.4 Å². The molecular weight excluding hydrogens is 1600 g/mol. The number of aliphatic carboxylic acids is 1. The van der Waals surface area contributed by atoms with Crippen LogP contribution in [0.1, 0.15) is 214 Å². The van der Waals surface area contributed by atoms with Crippen molar-refractivity contribution in [2.75, 3.05) is 61.3 Å². The van der Waals surface area contributed by atoms with Gasteiger partial charge in [0.05, 0.1) is 30.9 Å². The number of carboxylic acid groups (broad SMARTS) is 2. The third-order valence-corrected chi connectivity index (χ3v) is 13.5. The normalized spacial score (nSPS) is 12.8. The maximum atomic E-state index is 12.5. The summed E-state index contributed by atoms with van der Waals surface area (Å²) in [4.78, 5) is 137. The topological polar surface area (TPSA) is 444 Å². The molecule has 0 spiro atoms. The number of hydrogen-bond donors (Lipinski definition) is 8. The number of halogens is 1. The number of alkyl carbamates (subject to hydrolysis) is 3. The van der Waals surface area contributed by atoms with E-state index in [1.54, 1.807) is 224 Å². The van der Waals surface area contributed by atoms with Gasteiger partial charge in [0.25, 0.3) is 5.91 Å². The number of carboxylic acids is 2. The Kier molecular flexibility index (Phi) is 57.1. The second-order valence-electron chi connectivity index (χ2n) is 32.0. The summed E-state index contributed by atoms with van der Waals surface area (Å²) in [6.45, 7) is 40.5. The molecule has 3 atom stereocenters. The molecule has 2 aliphatic heterocycles. The smallest absolute Gasteiger partial charge is 0.859 e. The molecule has 0 aliphatic carbocycles. The molecule has 2 fully saturated rings. The van der Waals surface area contributed by atoms with E-state index in [-0.39, 0.29) is 94.6 Å². The van der Waals surface area contributed by atoms with Crippen molar-refractivity contribution in [2.45, 2.75) is 246 Å². The van der Waals surface area contributed by atoms with Crippen LogP contribution in [-0.4, -0.2) is 198 Å². The Morgan fingerprint density at radius 2 is 0.739 bits per heavy atom. The Hall–Kier alpha value is -7.42. The van der Waals surface area contributed by atoms with Crippen LogP contribution in [0.3, 0.4) is 0 Å². The van der Waals surface area contributed by atoms with E-state index in [2.05, 4.69) is 52.4 Å². The van der Waals surface area contributed by atoms with Gasteiger partial charge in [-0.25, -0.2) is 38.4 Å². The van der Waals surface area contributed by atoms with Gasteiger partial charge in [0, 0.05) is 57.2 Å². The fourth-order valence-electron chi connectivity index (χ4n) is 8.16. The van der Waals surface area contributed by atoms with E-state index in [1.165, 1.54) is 59.1 Å². The van der Waals surface area contributed by atoms with Gasteiger partial charge < -0.3 is 95.1 Å². The Bertz CT molecular complexity index is 3460. The number of methoxy groups -OCH3 is 2. The number of nitrogens with one attached hydrogen (secondary N) is 4. The van der Waals surface area contributed by atoms with Crippen molar-refractivity contribution < 1.29 is 167 Å². The molecule has 33 heteroatoms. The number of amides is 4. The number of alkyl halides is 1. The SMILES string of the molecule is C1CCOC1.C1CCOC1.CC(C)(C)OC(=O)CNC(=O)OC(C)(C)C.CC(C)(C)OC(=O)NC(Cc1ccc(C(=O)O)cc1)C(=O)OC(C)(C)C.CN.CNC(=O)c1ccc(CC(N)C(=O)O)cc1.COC(=O)c1ccc(CBr)cc1.COC(=O)c1ccc(CC(NC(=O)OC(C)(C)C)C(=O)OC(C)(C)C)cc1.C[Si](C)(C)[O-].[K+]. The number of benzene rings is 4. The molecule has 4 amide bonds. The maximum Gasteiger partial charge on any atom is 1.00 e. The standard InChI is InChI=1S/C20H29NO6.C19H27NO6.C11H14N2O3.C11H21NO4.C9H9BrO2.2C4H8O.C3H9OSi.CH5N.K/c1-19(2,3)26-17(23)15(21-18(24)27-20(4,5)6)12-13-8-10-14(11-9-13)16(22)25-7;1-18(2,3)25-16(23)14(20-17(24)26-19(4,5)6)11-12-7-9-13(10-8-12)15(21)22;1-13-10(14)8-4-2-7(3-5-8)6-9(12)11(15)16;1-10(2,3)15-8(13)7-12-9(14)16-11(4,5)6;1-12-9(11)8-4-2-7(6-10)3-5-8;2*1-2-4-5-3-1;1-5(2,3)4;1-2;/h8-11,15H,12H2,1-7H3,(H,21,24);7-10,14H,11H2,1-6H3,(H,20,24)(H,21,22);2-5,9H,6,12H2,1H3,(H,13,14)(H,15,16);7H2,1-6H3,(H,12,14);2-5H,6H2,1H3;2*1-4H2;1-3H3;2H2,1H3;/q;;;;;;;-1;;+1.